The molecule has 140 valence electrons. The highest BCUT2D eigenvalue weighted by atomic mass is 32.1. The molecule has 0 bridgehead atoms. The van der Waals surface area contributed by atoms with E-state index >= 15 is 0 Å². The minimum atomic E-state index is 0.261. The van der Waals surface area contributed by atoms with Gasteiger partial charge in [-0.05, 0) is 12.2 Å². The summed E-state index contributed by atoms with van der Waals surface area (Å²) >= 11 is 5.92. The topological polar surface area (TPSA) is 72.4 Å². The number of hydrogen-bond acceptors (Lipinski definition) is 7. The summed E-state index contributed by atoms with van der Waals surface area (Å²) in [6.07, 6.45) is 1.45. The average Bonchev–Trinajstić information content (AvgIpc) is 3.39. The van der Waals surface area contributed by atoms with Gasteiger partial charge < -0.3 is 28.6 Å². The molecule has 0 aromatic carbocycles. The molecule has 0 aromatic rings. The lowest BCUT2D eigenvalue weighted by molar-refractivity contribution is 0.0154. The van der Waals surface area contributed by atoms with E-state index in [0.29, 0.717) is 24.4 Å². The van der Waals surface area contributed by atoms with Crippen molar-refractivity contribution < 1.29 is 23.7 Å². The van der Waals surface area contributed by atoms with Crippen LogP contribution in [0.3, 0.4) is 0 Å². The van der Waals surface area contributed by atoms with Crippen LogP contribution in [0.25, 0.3) is 0 Å². The standard InChI is InChI=1S/C16H25N3O5S/c25-16(17(1-11-6-20-11)2-12-7-21-12)19(5-15-10-24-15)18(3-13-8-22-13)4-14-9-23-14/h11-15H,1-10H2. The van der Waals surface area contributed by atoms with Crippen LogP contribution in [0.4, 0.5) is 0 Å². The van der Waals surface area contributed by atoms with Crippen molar-refractivity contribution in [2.45, 2.75) is 30.5 Å². The van der Waals surface area contributed by atoms with Gasteiger partial charge in [-0.1, -0.05) is 0 Å². The summed E-state index contributed by atoms with van der Waals surface area (Å²) in [6.45, 7) is 8.26. The highest BCUT2D eigenvalue weighted by molar-refractivity contribution is 7.80. The minimum Gasteiger partial charge on any atom is -0.372 e. The van der Waals surface area contributed by atoms with E-state index in [9.17, 15) is 0 Å². The smallest absolute Gasteiger partial charge is 0.186 e. The molecule has 9 heteroatoms. The van der Waals surface area contributed by atoms with Crippen molar-refractivity contribution in [3.8, 4) is 0 Å². The van der Waals surface area contributed by atoms with E-state index in [-0.39, 0.29) is 6.10 Å². The van der Waals surface area contributed by atoms with E-state index in [1.165, 1.54) is 0 Å². The quantitative estimate of drug-likeness (QED) is 0.261. The SMILES string of the molecule is S=C(N(CC1CO1)CC1CO1)N(CC1CO1)N(CC1CO1)CC1CO1. The maximum absolute atomic E-state index is 5.92. The average molecular weight is 371 g/mol. The Morgan fingerprint density at radius 2 is 1.00 bits per heavy atom. The summed E-state index contributed by atoms with van der Waals surface area (Å²) in [4.78, 5) is 2.24. The van der Waals surface area contributed by atoms with Gasteiger partial charge in [0.05, 0.1) is 64.0 Å². The summed E-state index contributed by atoms with van der Waals surface area (Å²) < 4.78 is 27.3. The third-order valence-electron chi connectivity index (χ3n) is 4.90. The number of hydrazine groups is 1. The van der Waals surface area contributed by atoms with Crippen molar-refractivity contribution >= 4 is 17.3 Å². The summed E-state index contributed by atoms with van der Waals surface area (Å²) in [6, 6.07) is 0. The van der Waals surface area contributed by atoms with E-state index in [1.807, 2.05) is 0 Å². The van der Waals surface area contributed by atoms with Gasteiger partial charge in [0, 0.05) is 26.2 Å². The van der Waals surface area contributed by atoms with Gasteiger partial charge in [-0.15, -0.1) is 0 Å². The monoisotopic (exact) mass is 371 g/mol. The first-order chi connectivity index (χ1) is 12.2. The lowest BCUT2D eigenvalue weighted by atomic mass is 10.3. The Labute approximate surface area is 152 Å². The third kappa shape index (κ3) is 5.00. The first-order valence-electron chi connectivity index (χ1n) is 9.14. The van der Waals surface area contributed by atoms with Crippen LogP contribution in [0.1, 0.15) is 0 Å². The van der Waals surface area contributed by atoms with Crippen molar-refractivity contribution in [1.82, 2.24) is 14.9 Å². The molecule has 5 fully saturated rings. The minimum absolute atomic E-state index is 0.261. The molecule has 0 spiro atoms. The molecule has 5 saturated heterocycles. The van der Waals surface area contributed by atoms with Crippen LogP contribution in [0.15, 0.2) is 0 Å². The van der Waals surface area contributed by atoms with Gasteiger partial charge in [-0.2, -0.15) is 0 Å². The molecule has 0 amide bonds. The lowest BCUT2D eigenvalue weighted by Gasteiger charge is -2.40. The van der Waals surface area contributed by atoms with Crippen molar-refractivity contribution in [2.24, 2.45) is 0 Å². The fourth-order valence-electron chi connectivity index (χ4n) is 3.00. The second-order valence-corrected chi connectivity index (χ2v) is 7.78. The summed E-state index contributed by atoms with van der Waals surface area (Å²) in [5.74, 6) is 0. The van der Waals surface area contributed by atoms with E-state index < -0.39 is 0 Å². The summed E-state index contributed by atoms with van der Waals surface area (Å²) in [5, 5.41) is 5.34. The molecular weight excluding hydrogens is 346 g/mol. The van der Waals surface area contributed by atoms with Crippen molar-refractivity contribution in [2.75, 3.05) is 65.8 Å². The van der Waals surface area contributed by atoms with E-state index in [1.54, 1.807) is 0 Å². The molecule has 0 aromatic heterocycles. The zero-order valence-electron chi connectivity index (χ0n) is 14.2. The van der Waals surface area contributed by atoms with Gasteiger partial charge in [-0.3, -0.25) is 5.01 Å². The maximum atomic E-state index is 5.92. The van der Waals surface area contributed by atoms with E-state index in [0.717, 1.165) is 70.9 Å². The Bertz CT molecular complexity index is 478. The van der Waals surface area contributed by atoms with Gasteiger partial charge in [-0.25, -0.2) is 5.01 Å². The molecular formula is C16H25N3O5S. The molecule has 0 radical (unpaired) electrons. The summed E-state index contributed by atoms with van der Waals surface area (Å²) in [7, 11) is 0. The van der Waals surface area contributed by atoms with Crippen LogP contribution < -0.4 is 0 Å². The zero-order valence-corrected chi connectivity index (χ0v) is 15.1. The van der Waals surface area contributed by atoms with Crippen LogP contribution >= 0.6 is 12.2 Å². The number of thiocarbonyl (C=S) groups is 1. The molecule has 5 aliphatic heterocycles. The first-order valence-corrected chi connectivity index (χ1v) is 9.55. The normalized spacial score (nSPS) is 36.9. The van der Waals surface area contributed by atoms with Crippen LogP contribution in [0.5, 0.6) is 0 Å². The van der Waals surface area contributed by atoms with Gasteiger partial charge in [0.25, 0.3) is 0 Å². The van der Waals surface area contributed by atoms with Crippen molar-refractivity contribution in [3.05, 3.63) is 0 Å². The first kappa shape index (κ1) is 16.6. The molecule has 25 heavy (non-hydrogen) atoms. The second kappa shape index (κ2) is 6.88. The molecule has 5 atom stereocenters. The fourth-order valence-corrected chi connectivity index (χ4v) is 3.34. The zero-order chi connectivity index (χ0) is 16.8. The van der Waals surface area contributed by atoms with Crippen LogP contribution in [-0.2, 0) is 23.7 Å². The highest BCUT2D eigenvalue weighted by Crippen LogP contribution is 2.23. The highest BCUT2D eigenvalue weighted by Gasteiger charge is 2.40. The molecule has 5 rings (SSSR count). The fraction of sp³-hybridized carbons (Fsp3) is 0.938. The third-order valence-corrected chi connectivity index (χ3v) is 5.37. The van der Waals surface area contributed by atoms with E-state index in [2.05, 4.69) is 14.9 Å². The number of ether oxygens (including phenoxy) is 5. The molecule has 0 N–H and O–H groups in total. The second-order valence-electron chi connectivity index (χ2n) is 7.42. The number of rotatable bonds is 11. The lowest BCUT2D eigenvalue weighted by Crippen LogP contribution is -2.56. The van der Waals surface area contributed by atoms with Gasteiger partial charge in [0.1, 0.15) is 6.10 Å². The van der Waals surface area contributed by atoms with E-state index in [4.69, 9.17) is 35.9 Å². The number of nitrogens with zero attached hydrogens (tertiary/aromatic N) is 3. The Morgan fingerprint density at radius 1 is 0.640 bits per heavy atom. The number of hydrogen-bond donors (Lipinski definition) is 0. The van der Waals surface area contributed by atoms with Gasteiger partial charge in [0.15, 0.2) is 5.11 Å². The van der Waals surface area contributed by atoms with Crippen molar-refractivity contribution in [3.63, 3.8) is 0 Å². The maximum Gasteiger partial charge on any atom is 0.186 e. The predicted molar refractivity (Wildman–Crippen MR) is 91.2 cm³/mol. The van der Waals surface area contributed by atoms with Crippen LogP contribution in [0.2, 0.25) is 0 Å². The largest absolute Gasteiger partial charge is 0.372 e. The Balaban J connectivity index is 1.29. The molecule has 5 unspecified atom stereocenters. The predicted octanol–water partition coefficient (Wildman–Crippen LogP) is -0.914. The van der Waals surface area contributed by atoms with Gasteiger partial charge in [0.2, 0.25) is 0 Å². The Morgan fingerprint density at radius 3 is 1.40 bits per heavy atom. The van der Waals surface area contributed by atoms with Crippen LogP contribution in [0, 0.1) is 0 Å². The van der Waals surface area contributed by atoms with Gasteiger partial charge >= 0.3 is 0 Å². The Hall–Kier alpha value is -0.550. The number of epoxide rings is 5. The molecule has 5 aliphatic rings. The molecule has 0 saturated carbocycles. The molecule has 8 nitrogen and oxygen atoms in total. The molecule has 0 aliphatic carbocycles. The summed E-state index contributed by atoms with van der Waals surface area (Å²) in [5.41, 5.74) is 0. The van der Waals surface area contributed by atoms with Crippen LogP contribution in [-0.4, -0.2) is 116 Å². The molecule has 5 heterocycles. The van der Waals surface area contributed by atoms with Crippen molar-refractivity contribution in [1.29, 1.82) is 0 Å². The Kier molecular flexibility index (Phi) is 4.57.